The van der Waals surface area contributed by atoms with E-state index >= 15 is 0 Å². The quantitative estimate of drug-likeness (QED) is 0.846. The Bertz CT molecular complexity index is 390. The van der Waals surface area contributed by atoms with Gasteiger partial charge in [-0.05, 0) is 13.8 Å². The minimum atomic E-state index is -0.784. The molecule has 0 saturated carbocycles. The molecule has 1 heterocycles. The third-order valence-corrected chi connectivity index (χ3v) is 3.07. The Hall–Kier alpha value is -1.07. The molecule has 0 aliphatic rings. The van der Waals surface area contributed by atoms with E-state index in [1.54, 1.807) is 10.8 Å². The highest BCUT2D eigenvalue weighted by molar-refractivity contribution is 6.29. The number of nitrogens with zero attached hydrogens (tertiary/aromatic N) is 3. The van der Waals surface area contributed by atoms with Crippen LogP contribution in [0.2, 0.25) is 5.15 Å². The first kappa shape index (κ1) is 14.0. The van der Waals surface area contributed by atoms with E-state index in [9.17, 15) is 4.79 Å². The summed E-state index contributed by atoms with van der Waals surface area (Å²) >= 11 is 5.91. The van der Waals surface area contributed by atoms with E-state index in [2.05, 4.69) is 9.88 Å². The molecule has 1 aromatic rings. The molecule has 0 amide bonds. The summed E-state index contributed by atoms with van der Waals surface area (Å²) < 4.78 is 1.80. The van der Waals surface area contributed by atoms with Crippen LogP contribution in [0.1, 0.15) is 26.1 Å². The van der Waals surface area contributed by atoms with Crippen LogP contribution in [0.5, 0.6) is 0 Å². The lowest BCUT2D eigenvalue weighted by Crippen LogP contribution is -2.33. The van der Waals surface area contributed by atoms with Gasteiger partial charge in [-0.2, -0.15) is 0 Å². The molecule has 17 heavy (non-hydrogen) atoms. The van der Waals surface area contributed by atoms with Crippen LogP contribution >= 0.6 is 11.6 Å². The van der Waals surface area contributed by atoms with Crippen LogP contribution in [0, 0.1) is 0 Å². The lowest BCUT2D eigenvalue weighted by atomic mass is 10.3. The predicted octanol–water partition coefficient (Wildman–Crippen LogP) is 1.76. The molecule has 0 unspecified atom stereocenters. The van der Waals surface area contributed by atoms with Crippen molar-refractivity contribution in [2.24, 2.45) is 7.05 Å². The number of hydrogen-bond donors (Lipinski definition) is 1. The van der Waals surface area contributed by atoms with E-state index in [1.165, 1.54) is 0 Å². The fourth-order valence-electron chi connectivity index (χ4n) is 1.51. The molecule has 1 N–H and O–H groups in total. The highest BCUT2D eigenvalue weighted by Gasteiger charge is 2.15. The molecule has 0 aliphatic heterocycles. The predicted molar refractivity (Wildman–Crippen MR) is 66.0 cm³/mol. The maximum atomic E-state index is 10.6. The maximum Gasteiger partial charge on any atom is 0.304 e. The SMILES string of the molecule is CC(C)N(CCC(=O)O)Cc1ncc(Cl)n1C. The molecular formula is C11H18ClN3O2. The average molecular weight is 260 g/mol. The summed E-state index contributed by atoms with van der Waals surface area (Å²) in [6.45, 7) is 5.18. The van der Waals surface area contributed by atoms with E-state index < -0.39 is 5.97 Å². The van der Waals surface area contributed by atoms with Gasteiger partial charge in [0, 0.05) is 19.6 Å². The van der Waals surface area contributed by atoms with Gasteiger partial charge in [0.1, 0.15) is 11.0 Å². The molecule has 0 aromatic carbocycles. The Labute approximate surface area is 106 Å². The first-order valence-electron chi connectivity index (χ1n) is 5.53. The van der Waals surface area contributed by atoms with Crippen molar-refractivity contribution >= 4 is 17.6 Å². The average Bonchev–Trinajstić information content (AvgIpc) is 2.54. The summed E-state index contributed by atoms with van der Waals surface area (Å²) in [5, 5.41) is 9.29. The zero-order chi connectivity index (χ0) is 13.0. The molecular weight excluding hydrogens is 242 g/mol. The second kappa shape index (κ2) is 6.02. The molecule has 5 nitrogen and oxygen atoms in total. The van der Waals surface area contributed by atoms with Gasteiger partial charge >= 0.3 is 5.97 Å². The van der Waals surface area contributed by atoms with Crippen molar-refractivity contribution in [2.45, 2.75) is 32.9 Å². The van der Waals surface area contributed by atoms with E-state index in [1.807, 2.05) is 20.9 Å². The van der Waals surface area contributed by atoms with Crippen molar-refractivity contribution in [2.75, 3.05) is 6.54 Å². The fourth-order valence-corrected chi connectivity index (χ4v) is 1.66. The van der Waals surface area contributed by atoms with E-state index in [4.69, 9.17) is 16.7 Å². The Morgan fingerprint density at radius 3 is 2.71 bits per heavy atom. The monoisotopic (exact) mass is 259 g/mol. The van der Waals surface area contributed by atoms with Gasteiger partial charge in [-0.1, -0.05) is 11.6 Å². The van der Waals surface area contributed by atoms with Gasteiger partial charge in [-0.25, -0.2) is 4.98 Å². The minimum absolute atomic E-state index is 0.135. The van der Waals surface area contributed by atoms with Crippen molar-refractivity contribution in [1.29, 1.82) is 0 Å². The van der Waals surface area contributed by atoms with E-state index in [0.29, 0.717) is 18.2 Å². The van der Waals surface area contributed by atoms with Gasteiger partial charge in [0.05, 0.1) is 19.2 Å². The summed E-state index contributed by atoms with van der Waals surface area (Å²) in [5.41, 5.74) is 0. The molecule has 1 rings (SSSR count). The second-order valence-corrected chi connectivity index (χ2v) is 4.65. The lowest BCUT2D eigenvalue weighted by Gasteiger charge is -2.25. The van der Waals surface area contributed by atoms with Crippen LogP contribution in [0.15, 0.2) is 6.20 Å². The Balaban J connectivity index is 2.66. The van der Waals surface area contributed by atoms with Gasteiger partial charge in [0.25, 0.3) is 0 Å². The van der Waals surface area contributed by atoms with Crippen LogP contribution < -0.4 is 0 Å². The Morgan fingerprint density at radius 2 is 2.29 bits per heavy atom. The van der Waals surface area contributed by atoms with Crippen LogP contribution in [-0.2, 0) is 18.4 Å². The van der Waals surface area contributed by atoms with Crippen molar-refractivity contribution in [3.63, 3.8) is 0 Å². The number of aromatic nitrogens is 2. The van der Waals surface area contributed by atoms with Crippen molar-refractivity contribution < 1.29 is 9.90 Å². The lowest BCUT2D eigenvalue weighted by molar-refractivity contribution is -0.137. The zero-order valence-electron chi connectivity index (χ0n) is 10.4. The fraction of sp³-hybridized carbons (Fsp3) is 0.636. The number of carboxylic acids is 1. The highest BCUT2D eigenvalue weighted by Crippen LogP contribution is 2.12. The second-order valence-electron chi connectivity index (χ2n) is 4.26. The molecule has 1 aromatic heterocycles. The Morgan fingerprint density at radius 1 is 1.65 bits per heavy atom. The van der Waals surface area contributed by atoms with Crippen LogP contribution in [0.25, 0.3) is 0 Å². The molecule has 0 spiro atoms. The molecule has 96 valence electrons. The van der Waals surface area contributed by atoms with Gasteiger partial charge in [-0.15, -0.1) is 0 Å². The van der Waals surface area contributed by atoms with Crippen molar-refractivity contribution in [3.05, 3.63) is 17.2 Å². The van der Waals surface area contributed by atoms with Gasteiger partial charge in [-0.3, -0.25) is 9.69 Å². The Kier molecular flexibility index (Phi) is 4.96. The topological polar surface area (TPSA) is 58.4 Å². The number of carbonyl (C=O) groups is 1. The van der Waals surface area contributed by atoms with E-state index in [-0.39, 0.29) is 12.5 Å². The number of aliphatic carboxylic acids is 1. The molecule has 6 heteroatoms. The van der Waals surface area contributed by atoms with Crippen LogP contribution in [0.4, 0.5) is 0 Å². The van der Waals surface area contributed by atoms with E-state index in [0.717, 1.165) is 5.82 Å². The van der Waals surface area contributed by atoms with Crippen LogP contribution in [-0.4, -0.2) is 38.1 Å². The molecule has 0 atom stereocenters. The summed E-state index contributed by atoms with van der Waals surface area (Å²) in [7, 11) is 1.85. The maximum absolute atomic E-state index is 10.6. The summed E-state index contributed by atoms with van der Waals surface area (Å²) in [4.78, 5) is 16.9. The normalized spacial score (nSPS) is 11.4. The third-order valence-electron chi connectivity index (χ3n) is 2.72. The van der Waals surface area contributed by atoms with Crippen LogP contribution in [0.3, 0.4) is 0 Å². The summed E-state index contributed by atoms with van der Waals surface area (Å²) in [5.74, 6) is 0.0580. The molecule has 0 saturated heterocycles. The van der Waals surface area contributed by atoms with Gasteiger partial charge in [0.2, 0.25) is 0 Å². The number of halogens is 1. The molecule has 0 aliphatic carbocycles. The summed E-state index contributed by atoms with van der Waals surface area (Å²) in [6.07, 6.45) is 1.74. The number of imidazole rings is 1. The van der Waals surface area contributed by atoms with Crippen molar-refractivity contribution in [3.8, 4) is 0 Å². The van der Waals surface area contributed by atoms with Gasteiger partial charge in [0.15, 0.2) is 0 Å². The zero-order valence-corrected chi connectivity index (χ0v) is 11.1. The number of carboxylic acid groups (broad SMARTS) is 1. The smallest absolute Gasteiger partial charge is 0.304 e. The first-order valence-corrected chi connectivity index (χ1v) is 5.91. The largest absolute Gasteiger partial charge is 0.481 e. The van der Waals surface area contributed by atoms with Crippen molar-refractivity contribution in [1.82, 2.24) is 14.5 Å². The standard InChI is InChI=1S/C11H18ClN3O2/c1-8(2)15(5-4-11(16)17)7-10-13-6-9(12)14(10)3/h6,8H,4-5,7H2,1-3H3,(H,16,17). The molecule has 0 radical (unpaired) electrons. The van der Waals surface area contributed by atoms with Gasteiger partial charge < -0.3 is 9.67 Å². The first-order chi connectivity index (χ1) is 7.91. The third kappa shape index (κ3) is 4.02. The number of rotatable bonds is 6. The molecule has 0 bridgehead atoms. The number of hydrogen-bond acceptors (Lipinski definition) is 3. The minimum Gasteiger partial charge on any atom is -0.481 e. The highest BCUT2D eigenvalue weighted by atomic mass is 35.5. The summed E-state index contributed by atoms with van der Waals surface area (Å²) in [6, 6.07) is 0.268. The molecule has 0 fully saturated rings.